The highest BCUT2D eigenvalue weighted by molar-refractivity contribution is 7.98. The predicted molar refractivity (Wildman–Crippen MR) is 88.3 cm³/mol. The van der Waals surface area contributed by atoms with E-state index in [9.17, 15) is 0 Å². The molecule has 0 fully saturated rings. The van der Waals surface area contributed by atoms with Crippen LogP contribution in [0.2, 0.25) is 0 Å². The van der Waals surface area contributed by atoms with Crippen molar-refractivity contribution in [3.63, 3.8) is 0 Å². The van der Waals surface area contributed by atoms with Gasteiger partial charge in [-0.15, -0.1) is 0 Å². The molecule has 2 aromatic rings. The van der Waals surface area contributed by atoms with E-state index in [1.54, 1.807) is 5.57 Å². The van der Waals surface area contributed by atoms with E-state index in [1.165, 1.54) is 34.3 Å². The first-order valence-electron chi connectivity index (χ1n) is 7.28. The van der Waals surface area contributed by atoms with Crippen LogP contribution in [0.4, 0.5) is 0 Å². The number of nitrogens with one attached hydrogen (secondary N) is 1. The normalized spacial score (nSPS) is 25.6. The molecule has 1 aromatic carbocycles. The lowest BCUT2D eigenvalue weighted by atomic mass is 9.80. The van der Waals surface area contributed by atoms with E-state index >= 15 is 0 Å². The van der Waals surface area contributed by atoms with Crippen molar-refractivity contribution in [2.24, 2.45) is 5.92 Å². The zero-order chi connectivity index (χ0) is 13.7. The van der Waals surface area contributed by atoms with E-state index in [2.05, 4.69) is 53.7 Å². The Labute approximate surface area is 124 Å². The Morgan fingerprint density at radius 1 is 1.40 bits per heavy atom. The molecular weight excluding hydrogens is 264 g/mol. The number of aromatic nitrogens is 1. The number of nitrogens with zero attached hydrogens (tertiary/aromatic N) is 1. The first kappa shape index (κ1) is 12.5. The molecule has 0 bridgehead atoms. The van der Waals surface area contributed by atoms with Gasteiger partial charge in [-0.05, 0) is 48.4 Å². The van der Waals surface area contributed by atoms with Gasteiger partial charge in [-0.25, -0.2) is 0 Å². The molecule has 104 valence electrons. The van der Waals surface area contributed by atoms with Crippen molar-refractivity contribution in [3.8, 4) is 0 Å². The van der Waals surface area contributed by atoms with Crippen LogP contribution in [0.25, 0.3) is 16.5 Å². The highest BCUT2D eigenvalue weighted by Gasteiger charge is 2.33. The highest BCUT2D eigenvalue weighted by Crippen LogP contribution is 2.40. The fraction of sp³-hybridized carbons (Fsp3) is 0.412. The minimum absolute atomic E-state index is 0.557. The summed E-state index contributed by atoms with van der Waals surface area (Å²) in [4.78, 5) is 5.98. The number of aromatic amines is 1. The Balaban J connectivity index is 1.89. The van der Waals surface area contributed by atoms with E-state index < -0.39 is 0 Å². The summed E-state index contributed by atoms with van der Waals surface area (Å²) in [5.74, 6) is 1.90. The van der Waals surface area contributed by atoms with Gasteiger partial charge in [0, 0.05) is 35.4 Å². The summed E-state index contributed by atoms with van der Waals surface area (Å²) in [6.45, 7) is 1.19. The monoisotopic (exact) mass is 284 g/mol. The van der Waals surface area contributed by atoms with Gasteiger partial charge in [-0.2, -0.15) is 11.8 Å². The molecule has 0 amide bonds. The number of H-pyrrole nitrogens is 1. The molecule has 2 atom stereocenters. The number of rotatable bonds is 2. The van der Waals surface area contributed by atoms with Crippen LogP contribution in [0.3, 0.4) is 0 Å². The van der Waals surface area contributed by atoms with Gasteiger partial charge < -0.3 is 4.98 Å². The van der Waals surface area contributed by atoms with Crippen LogP contribution in [0, 0.1) is 5.92 Å². The molecule has 0 radical (unpaired) electrons. The summed E-state index contributed by atoms with van der Waals surface area (Å²) < 4.78 is 0. The summed E-state index contributed by atoms with van der Waals surface area (Å²) >= 11 is 1.95. The van der Waals surface area contributed by atoms with Gasteiger partial charge >= 0.3 is 0 Å². The number of hydrogen-bond acceptors (Lipinski definition) is 2. The van der Waals surface area contributed by atoms with Crippen molar-refractivity contribution in [3.05, 3.63) is 41.6 Å². The van der Waals surface area contributed by atoms with Crippen molar-refractivity contribution < 1.29 is 0 Å². The van der Waals surface area contributed by atoms with Crippen molar-refractivity contribution in [2.45, 2.75) is 12.5 Å². The molecule has 1 unspecified atom stereocenters. The summed E-state index contributed by atoms with van der Waals surface area (Å²) in [5.41, 5.74) is 5.77. The molecule has 1 aliphatic carbocycles. The minimum Gasteiger partial charge on any atom is -0.361 e. The molecule has 0 saturated carbocycles. The first-order chi connectivity index (χ1) is 9.78. The molecular formula is C17H20N2S. The maximum absolute atomic E-state index is 3.43. The summed E-state index contributed by atoms with van der Waals surface area (Å²) in [6, 6.07) is 7.23. The fourth-order valence-corrected chi connectivity index (χ4v) is 4.50. The SMILES string of the molecule is CSCC1C=C2c3cccc4[nH]cc(c34)C[C@@H]2N(C)C1. The number of thioether (sulfide) groups is 1. The van der Waals surface area contributed by atoms with Gasteiger partial charge in [0.2, 0.25) is 0 Å². The molecule has 0 saturated heterocycles. The van der Waals surface area contributed by atoms with Crippen LogP contribution < -0.4 is 0 Å². The van der Waals surface area contributed by atoms with Crippen LogP contribution >= 0.6 is 11.8 Å². The lowest BCUT2D eigenvalue weighted by Crippen LogP contribution is -2.42. The van der Waals surface area contributed by atoms with Gasteiger partial charge in [0.15, 0.2) is 0 Å². The third kappa shape index (κ3) is 1.76. The second kappa shape index (κ2) is 4.68. The number of likely N-dealkylation sites (N-methyl/N-ethyl adjacent to an activating group) is 1. The summed E-state index contributed by atoms with van der Waals surface area (Å²) in [6.07, 6.45) is 8.10. The summed E-state index contributed by atoms with van der Waals surface area (Å²) in [5, 5.41) is 1.45. The lowest BCUT2D eigenvalue weighted by molar-refractivity contribution is 0.253. The topological polar surface area (TPSA) is 19.0 Å². The molecule has 3 heteroatoms. The van der Waals surface area contributed by atoms with Crippen LogP contribution in [0.15, 0.2) is 30.5 Å². The Morgan fingerprint density at radius 3 is 3.15 bits per heavy atom. The largest absolute Gasteiger partial charge is 0.361 e. The number of hydrogen-bond donors (Lipinski definition) is 1. The summed E-state index contributed by atoms with van der Waals surface area (Å²) in [7, 11) is 2.28. The van der Waals surface area contributed by atoms with Gasteiger partial charge in [0.05, 0.1) is 0 Å². The molecule has 1 aliphatic heterocycles. The molecule has 1 N–H and O–H groups in total. The van der Waals surface area contributed by atoms with E-state index in [0.717, 1.165) is 6.42 Å². The van der Waals surface area contributed by atoms with Crippen molar-refractivity contribution in [1.29, 1.82) is 0 Å². The standard InChI is InChI=1S/C17H20N2S/c1-19-9-11(10-20-2)6-14-13-4-3-5-15-17(13)12(8-18-15)7-16(14)19/h3-6,8,11,16,18H,7,9-10H2,1-2H3/t11?,16-/m0/s1. The quantitative estimate of drug-likeness (QED) is 0.911. The molecule has 1 aromatic heterocycles. The van der Waals surface area contributed by atoms with E-state index in [0.29, 0.717) is 12.0 Å². The average Bonchev–Trinajstić information content (AvgIpc) is 2.86. The maximum atomic E-state index is 3.43. The van der Waals surface area contributed by atoms with Gasteiger partial charge in [-0.3, -0.25) is 4.90 Å². The zero-order valence-corrected chi connectivity index (χ0v) is 12.8. The molecule has 2 aliphatic rings. The van der Waals surface area contributed by atoms with Gasteiger partial charge in [-0.1, -0.05) is 18.2 Å². The van der Waals surface area contributed by atoms with Crippen LogP contribution in [0.1, 0.15) is 11.1 Å². The second-order valence-corrected chi connectivity index (χ2v) is 6.95. The Bertz CT molecular complexity index is 685. The first-order valence-corrected chi connectivity index (χ1v) is 8.67. The smallest absolute Gasteiger partial charge is 0.0462 e. The van der Waals surface area contributed by atoms with Crippen molar-refractivity contribution in [2.75, 3.05) is 25.6 Å². The fourth-order valence-electron chi connectivity index (χ4n) is 3.87. The van der Waals surface area contributed by atoms with E-state index in [4.69, 9.17) is 0 Å². The van der Waals surface area contributed by atoms with E-state index in [-0.39, 0.29) is 0 Å². The Hall–Kier alpha value is -1.19. The van der Waals surface area contributed by atoms with Crippen LogP contribution in [-0.4, -0.2) is 41.5 Å². The Kier molecular flexibility index (Phi) is 2.93. The molecule has 20 heavy (non-hydrogen) atoms. The van der Waals surface area contributed by atoms with E-state index in [1.807, 2.05) is 11.8 Å². The zero-order valence-electron chi connectivity index (χ0n) is 12.0. The second-order valence-electron chi connectivity index (χ2n) is 6.04. The number of benzene rings is 1. The van der Waals surface area contributed by atoms with Crippen molar-refractivity contribution >= 4 is 28.2 Å². The van der Waals surface area contributed by atoms with Crippen LogP contribution in [-0.2, 0) is 6.42 Å². The minimum atomic E-state index is 0.557. The Morgan fingerprint density at radius 2 is 2.30 bits per heavy atom. The molecule has 0 spiro atoms. The average molecular weight is 284 g/mol. The molecule has 2 heterocycles. The highest BCUT2D eigenvalue weighted by atomic mass is 32.2. The third-order valence-corrected chi connectivity index (χ3v) is 5.48. The maximum Gasteiger partial charge on any atom is 0.0462 e. The van der Waals surface area contributed by atoms with Gasteiger partial charge in [0.1, 0.15) is 0 Å². The number of fused-ring (bicyclic) bond motifs is 2. The molecule has 4 rings (SSSR count). The van der Waals surface area contributed by atoms with Gasteiger partial charge in [0.25, 0.3) is 0 Å². The van der Waals surface area contributed by atoms with Crippen LogP contribution in [0.5, 0.6) is 0 Å². The predicted octanol–water partition coefficient (Wildman–Crippen LogP) is 3.40. The van der Waals surface area contributed by atoms with Crippen molar-refractivity contribution in [1.82, 2.24) is 9.88 Å². The lowest BCUT2D eigenvalue weighted by Gasteiger charge is -2.39. The molecule has 2 nitrogen and oxygen atoms in total. The third-order valence-electron chi connectivity index (χ3n) is 4.72.